The Hall–Kier alpha value is -1.54. The molecule has 16 heavy (non-hydrogen) atoms. The fourth-order valence-electron chi connectivity index (χ4n) is 1.52. The van der Waals surface area contributed by atoms with E-state index in [0.29, 0.717) is 11.4 Å². The van der Waals surface area contributed by atoms with Gasteiger partial charge in [-0.2, -0.15) is 0 Å². The average molecular weight is 236 g/mol. The smallest absolute Gasteiger partial charge is 0.124 e. The van der Waals surface area contributed by atoms with Crippen molar-refractivity contribution < 1.29 is 4.39 Å². The Kier molecular flexibility index (Phi) is 3.11. The molecular weight excluding hydrogens is 225 g/mol. The molecule has 0 saturated heterocycles. The molecule has 2 rings (SSSR count). The standard InChI is InChI=1S/C13H11ClFN/c14-13-8-11(15)4-3-10(13)7-9-1-5-12(16)6-2-9/h1-6,8H,7,16H2. The molecule has 82 valence electrons. The van der Waals surface area contributed by atoms with Crippen LogP contribution in [0, 0.1) is 5.82 Å². The number of benzene rings is 2. The van der Waals surface area contributed by atoms with Crippen LogP contribution in [0.25, 0.3) is 0 Å². The normalized spacial score (nSPS) is 10.4. The van der Waals surface area contributed by atoms with E-state index in [1.165, 1.54) is 12.1 Å². The summed E-state index contributed by atoms with van der Waals surface area (Å²) in [4.78, 5) is 0. The van der Waals surface area contributed by atoms with Crippen molar-refractivity contribution in [3.63, 3.8) is 0 Å². The Morgan fingerprint density at radius 3 is 2.38 bits per heavy atom. The molecule has 0 bridgehead atoms. The van der Waals surface area contributed by atoms with Crippen LogP contribution in [0.15, 0.2) is 42.5 Å². The third-order valence-electron chi connectivity index (χ3n) is 2.39. The highest BCUT2D eigenvalue weighted by molar-refractivity contribution is 6.31. The van der Waals surface area contributed by atoms with Crippen LogP contribution in [0.3, 0.4) is 0 Å². The van der Waals surface area contributed by atoms with Crippen molar-refractivity contribution in [3.8, 4) is 0 Å². The van der Waals surface area contributed by atoms with Crippen molar-refractivity contribution in [3.05, 3.63) is 64.4 Å². The third-order valence-corrected chi connectivity index (χ3v) is 2.74. The summed E-state index contributed by atoms with van der Waals surface area (Å²) in [5, 5.41) is 0.455. The van der Waals surface area contributed by atoms with Crippen molar-refractivity contribution in [2.75, 3.05) is 5.73 Å². The summed E-state index contributed by atoms with van der Waals surface area (Å²) in [5.74, 6) is -0.314. The Bertz CT molecular complexity index is 494. The van der Waals surface area contributed by atoms with Gasteiger partial charge in [0.05, 0.1) is 0 Å². The number of rotatable bonds is 2. The first-order valence-corrected chi connectivity index (χ1v) is 5.31. The van der Waals surface area contributed by atoms with E-state index in [0.717, 1.165) is 16.8 Å². The van der Waals surface area contributed by atoms with Gasteiger partial charge >= 0.3 is 0 Å². The monoisotopic (exact) mass is 235 g/mol. The lowest BCUT2D eigenvalue weighted by Crippen LogP contribution is -1.91. The van der Waals surface area contributed by atoms with E-state index >= 15 is 0 Å². The highest BCUT2D eigenvalue weighted by Gasteiger charge is 2.03. The van der Waals surface area contributed by atoms with Gasteiger partial charge in [0.15, 0.2) is 0 Å². The average Bonchev–Trinajstić information content (AvgIpc) is 2.25. The maximum absolute atomic E-state index is 12.8. The summed E-state index contributed by atoms with van der Waals surface area (Å²) in [5.41, 5.74) is 8.33. The van der Waals surface area contributed by atoms with Crippen molar-refractivity contribution in [1.29, 1.82) is 0 Å². The zero-order valence-corrected chi connectivity index (χ0v) is 9.34. The Balaban J connectivity index is 2.23. The van der Waals surface area contributed by atoms with Crippen molar-refractivity contribution in [2.45, 2.75) is 6.42 Å². The molecule has 0 unspecified atom stereocenters. The van der Waals surface area contributed by atoms with E-state index in [-0.39, 0.29) is 5.82 Å². The molecule has 0 saturated carbocycles. The van der Waals surface area contributed by atoms with Gasteiger partial charge in [-0.15, -0.1) is 0 Å². The van der Waals surface area contributed by atoms with Crippen LogP contribution < -0.4 is 5.73 Å². The van der Waals surface area contributed by atoms with Gasteiger partial charge in [-0.1, -0.05) is 29.8 Å². The molecule has 2 N–H and O–H groups in total. The van der Waals surface area contributed by atoms with Crippen LogP contribution >= 0.6 is 11.6 Å². The fraction of sp³-hybridized carbons (Fsp3) is 0.0769. The Labute approximate surface area is 98.7 Å². The molecule has 3 heteroatoms. The molecule has 1 nitrogen and oxygen atoms in total. The van der Waals surface area contributed by atoms with Gasteiger partial charge in [-0.25, -0.2) is 4.39 Å². The van der Waals surface area contributed by atoms with Gasteiger partial charge in [0.2, 0.25) is 0 Å². The lowest BCUT2D eigenvalue weighted by atomic mass is 10.0. The summed E-state index contributed by atoms with van der Waals surface area (Å²) in [6.45, 7) is 0. The molecule has 0 heterocycles. The SMILES string of the molecule is Nc1ccc(Cc2ccc(F)cc2Cl)cc1. The molecule has 2 aromatic carbocycles. The number of anilines is 1. The maximum Gasteiger partial charge on any atom is 0.124 e. The first-order valence-electron chi connectivity index (χ1n) is 4.93. The van der Waals surface area contributed by atoms with E-state index < -0.39 is 0 Å². The summed E-state index contributed by atoms with van der Waals surface area (Å²) >= 11 is 5.95. The Morgan fingerprint density at radius 1 is 1.06 bits per heavy atom. The third kappa shape index (κ3) is 2.52. The minimum atomic E-state index is -0.314. The van der Waals surface area contributed by atoms with E-state index in [9.17, 15) is 4.39 Å². The quantitative estimate of drug-likeness (QED) is 0.790. The fourth-order valence-corrected chi connectivity index (χ4v) is 1.75. The maximum atomic E-state index is 12.8. The molecule has 0 aromatic heterocycles. The number of hydrogen-bond donors (Lipinski definition) is 1. The van der Waals surface area contributed by atoms with E-state index in [2.05, 4.69) is 0 Å². The highest BCUT2D eigenvalue weighted by Crippen LogP contribution is 2.20. The largest absolute Gasteiger partial charge is 0.399 e. The lowest BCUT2D eigenvalue weighted by molar-refractivity contribution is 0.627. The van der Waals surface area contributed by atoms with Crippen LogP contribution in [-0.2, 0) is 6.42 Å². The van der Waals surface area contributed by atoms with Gasteiger partial charge in [0.1, 0.15) is 5.82 Å². The molecule has 2 aromatic rings. The van der Waals surface area contributed by atoms with E-state index in [1.54, 1.807) is 6.07 Å². The molecule has 0 aliphatic carbocycles. The zero-order valence-electron chi connectivity index (χ0n) is 8.58. The van der Waals surface area contributed by atoms with Gasteiger partial charge in [-0.3, -0.25) is 0 Å². The van der Waals surface area contributed by atoms with Crippen LogP contribution in [-0.4, -0.2) is 0 Å². The molecular formula is C13H11ClFN. The van der Waals surface area contributed by atoms with Gasteiger partial charge in [-0.05, 0) is 41.8 Å². The van der Waals surface area contributed by atoms with Crippen LogP contribution in [0.4, 0.5) is 10.1 Å². The molecule has 0 atom stereocenters. The van der Waals surface area contributed by atoms with Crippen LogP contribution in [0.1, 0.15) is 11.1 Å². The van der Waals surface area contributed by atoms with E-state index in [4.69, 9.17) is 17.3 Å². The van der Waals surface area contributed by atoms with Crippen LogP contribution in [0.5, 0.6) is 0 Å². The zero-order chi connectivity index (χ0) is 11.5. The Morgan fingerprint density at radius 2 is 1.75 bits per heavy atom. The number of halogens is 2. The van der Waals surface area contributed by atoms with Gasteiger partial charge in [0.25, 0.3) is 0 Å². The summed E-state index contributed by atoms with van der Waals surface area (Å²) < 4.78 is 12.8. The number of nitrogens with two attached hydrogens (primary N) is 1. The molecule has 0 fully saturated rings. The first kappa shape index (κ1) is 11.0. The summed E-state index contributed by atoms with van der Waals surface area (Å²) in [7, 11) is 0. The van der Waals surface area contributed by atoms with Crippen molar-refractivity contribution in [2.24, 2.45) is 0 Å². The minimum Gasteiger partial charge on any atom is -0.399 e. The topological polar surface area (TPSA) is 26.0 Å². The number of hydrogen-bond acceptors (Lipinski definition) is 1. The molecule has 0 radical (unpaired) electrons. The van der Waals surface area contributed by atoms with Crippen molar-refractivity contribution in [1.82, 2.24) is 0 Å². The second-order valence-corrected chi connectivity index (χ2v) is 4.06. The van der Waals surface area contributed by atoms with Gasteiger partial charge < -0.3 is 5.73 Å². The second-order valence-electron chi connectivity index (χ2n) is 3.65. The van der Waals surface area contributed by atoms with E-state index in [1.807, 2.05) is 24.3 Å². The predicted molar refractivity (Wildman–Crippen MR) is 65.1 cm³/mol. The number of nitrogen functional groups attached to an aromatic ring is 1. The highest BCUT2D eigenvalue weighted by atomic mass is 35.5. The summed E-state index contributed by atoms with van der Waals surface area (Å²) in [6.07, 6.45) is 0.680. The first-order chi connectivity index (χ1) is 7.65. The van der Waals surface area contributed by atoms with Crippen molar-refractivity contribution >= 4 is 17.3 Å². The molecule has 0 amide bonds. The van der Waals surface area contributed by atoms with Crippen LogP contribution in [0.2, 0.25) is 5.02 Å². The lowest BCUT2D eigenvalue weighted by Gasteiger charge is -2.05. The summed E-state index contributed by atoms with van der Waals surface area (Å²) in [6, 6.07) is 12.0. The van der Waals surface area contributed by atoms with Gasteiger partial charge in [0, 0.05) is 10.7 Å². The predicted octanol–water partition coefficient (Wildman–Crippen LogP) is 3.65. The molecule has 0 aliphatic heterocycles. The molecule has 0 aliphatic rings. The molecule has 0 spiro atoms. The second kappa shape index (κ2) is 4.54. The minimum absolute atomic E-state index is 0.314.